The summed E-state index contributed by atoms with van der Waals surface area (Å²) in [4.78, 5) is 14.6. The first-order valence-corrected chi connectivity index (χ1v) is 29.3. The zero-order valence-corrected chi connectivity index (χ0v) is 44.2. The van der Waals surface area contributed by atoms with Crippen LogP contribution in [0, 0.1) is 34.9 Å². The maximum Gasteiger partial charge on any atom is 0.127 e. The van der Waals surface area contributed by atoms with Crippen LogP contribution >= 0.6 is 46.6 Å². The predicted molar refractivity (Wildman–Crippen MR) is 284 cm³/mol. The predicted octanol–water partition coefficient (Wildman–Crippen LogP) is 19.3. The molecule has 0 fully saturated rings. The molecule has 7 atom stereocenters. The van der Waals surface area contributed by atoms with Crippen LogP contribution in [0.2, 0.25) is 0 Å². The number of hydrogen-bond donors (Lipinski definition) is 0. The molecule has 0 N–H and O–H groups in total. The topological polar surface area (TPSA) is 24.7 Å². The number of thiophene rings is 1. The number of nitrogens with zero attached hydrogens (tertiary/aromatic N) is 2. The fourth-order valence-corrected chi connectivity index (χ4v) is 15.5. The molecule has 0 saturated heterocycles. The molecule has 64 heavy (non-hydrogen) atoms. The molecular formula is C56H80F2N2S4. The van der Waals surface area contributed by atoms with Crippen molar-refractivity contribution in [3.05, 3.63) is 96.8 Å². The minimum absolute atomic E-state index is 0.00888. The van der Waals surface area contributed by atoms with Crippen LogP contribution in [0.15, 0.2) is 80.0 Å². The smallest absolute Gasteiger partial charge is 0.127 e. The van der Waals surface area contributed by atoms with Crippen molar-refractivity contribution in [1.29, 1.82) is 0 Å². The minimum atomic E-state index is -0.197. The van der Waals surface area contributed by atoms with Crippen molar-refractivity contribution < 1.29 is 8.78 Å². The summed E-state index contributed by atoms with van der Waals surface area (Å²) in [6, 6.07) is 10.5. The monoisotopic (exact) mass is 947 g/mol. The maximum absolute atomic E-state index is 16.1. The average molecular weight is 948 g/mol. The van der Waals surface area contributed by atoms with Crippen LogP contribution in [0.5, 0.6) is 0 Å². The molecule has 1 aromatic heterocycles. The van der Waals surface area contributed by atoms with Gasteiger partial charge in [-0.2, -0.15) is 0 Å². The number of allylic oxidation sites excluding steroid dienone is 3. The van der Waals surface area contributed by atoms with Gasteiger partial charge in [0.25, 0.3) is 0 Å². The van der Waals surface area contributed by atoms with Crippen molar-refractivity contribution in [3.8, 4) is 0 Å². The number of thioether (sulfide) groups is 3. The Labute approximate surface area is 405 Å². The second kappa shape index (κ2) is 24.9. The third kappa shape index (κ3) is 11.9. The number of unbranched alkanes of at least 4 members (excludes halogenated alkanes) is 3. The quantitative estimate of drug-likeness (QED) is 0.0892. The number of hydrogen-bond acceptors (Lipinski definition) is 6. The Morgan fingerprint density at radius 2 is 1.33 bits per heavy atom. The first-order chi connectivity index (χ1) is 31.1. The van der Waals surface area contributed by atoms with Crippen LogP contribution in [-0.2, 0) is 6.42 Å². The van der Waals surface area contributed by atoms with Crippen molar-refractivity contribution in [2.75, 3.05) is 11.5 Å². The summed E-state index contributed by atoms with van der Waals surface area (Å²) in [5.41, 5.74) is 6.13. The van der Waals surface area contributed by atoms with E-state index in [2.05, 4.69) is 92.7 Å². The summed E-state index contributed by atoms with van der Waals surface area (Å²) in [5, 5.41) is 2.15. The maximum atomic E-state index is 16.1. The first-order valence-electron chi connectivity index (χ1n) is 25.7. The number of benzene rings is 1. The third-order valence-corrected chi connectivity index (χ3v) is 19.9. The fourth-order valence-electron chi connectivity index (χ4n) is 10.4. The lowest BCUT2D eigenvalue weighted by Crippen LogP contribution is -2.40. The SMILES string of the molecule is CCCCC(CC)CCc1ccc(C2CC=C(C3=C4C(SCC(CC)CCCC)=NC(c5ccc(C6C(F)=CC6(CC)[C@@H](C)CCC)s5)=C4C(SCC(CC)CCCC)=N3)S2)c(F)c1. The highest BCUT2D eigenvalue weighted by Crippen LogP contribution is 2.61. The molecule has 352 valence electrons. The average Bonchev–Trinajstić information content (AvgIpc) is 4.12. The Morgan fingerprint density at radius 3 is 1.89 bits per heavy atom. The number of aliphatic imine (C=N–C) groups is 2. The summed E-state index contributed by atoms with van der Waals surface area (Å²) in [6.45, 7) is 20.6. The van der Waals surface area contributed by atoms with Crippen molar-refractivity contribution in [2.24, 2.45) is 39.1 Å². The van der Waals surface area contributed by atoms with E-state index in [-0.39, 0.29) is 28.2 Å². The Hall–Kier alpha value is -1.87. The highest BCUT2D eigenvalue weighted by Gasteiger charge is 2.51. The van der Waals surface area contributed by atoms with Gasteiger partial charge in [-0.05, 0) is 92.0 Å². The Balaban J connectivity index is 1.36. The molecule has 0 spiro atoms. The van der Waals surface area contributed by atoms with Gasteiger partial charge >= 0.3 is 0 Å². The summed E-state index contributed by atoms with van der Waals surface area (Å²) in [7, 11) is 0. The molecule has 4 heterocycles. The standard InChI is InChI=1S/C56H80F2N2S4/c1-10-18-22-38(14-5)25-26-41-27-28-42(43(57)33-41)45-29-31-47(63-45)52-49-50(55(59-52)62-36-40(16-7)24-20-12-3)53(60-54(49)61-35-39(15-6)23-19-11-2)48-32-30-46(64-48)51-44(58)34-56(51,17-8)37(9)21-13-4/h27-28,30-34,37-40,45,51H,10-26,29,35-36H2,1-9H3/t37-,38?,39?,40?,45?,51?,56?/m0/s1. The van der Waals surface area contributed by atoms with Gasteiger partial charge in [0.1, 0.15) is 21.7 Å². The molecule has 1 aliphatic carbocycles. The van der Waals surface area contributed by atoms with E-state index >= 15 is 8.78 Å². The van der Waals surface area contributed by atoms with Crippen LogP contribution in [-0.4, -0.2) is 21.6 Å². The van der Waals surface area contributed by atoms with Crippen molar-refractivity contribution in [2.45, 2.75) is 189 Å². The van der Waals surface area contributed by atoms with Gasteiger partial charge in [0.15, 0.2) is 0 Å². The van der Waals surface area contributed by atoms with Gasteiger partial charge in [-0.1, -0.05) is 158 Å². The van der Waals surface area contributed by atoms with Crippen molar-refractivity contribution in [1.82, 2.24) is 0 Å². The zero-order chi connectivity index (χ0) is 45.8. The second-order valence-corrected chi connectivity index (χ2v) is 23.7. The molecule has 1 aromatic carbocycles. The van der Waals surface area contributed by atoms with Gasteiger partial charge in [-0.3, -0.25) is 0 Å². The molecule has 8 heteroatoms. The van der Waals surface area contributed by atoms with Crippen LogP contribution in [0.4, 0.5) is 8.78 Å². The molecule has 6 rings (SSSR count). The van der Waals surface area contributed by atoms with Crippen molar-refractivity contribution >= 4 is 62.4 Å². The van der Waals surface area contributed by atoms with E-state index in [0.717, 1.165) is 110 Å². The Bertz CT molecular complexity index is 2040. The van der Waals surface area contributed by atoms with E-state index in [9.17, 15) is 0 Å². The van der Waals surface area contributed by atoms with Crippen molar-refractivity contribution in [3.63, 3.8) is 0 Å². The van der Waals surface area contributed by atoms with E-state index < -0.39 is 0 Å². The summed E-state index contributed by atoms with van der Waals surface area (Å²) >= 11 is 7.35. The molecule has 0 amide bonds. The van der Waals surface area contributed by atoms with Crippen LogP contribution in [0.3, 0.4) is 0 Å². The van der Waals surface area contributed by atoms with Gasteiger partial charge in [0.05, 0.1) is 22.2 Å². The number of halogens is 2. The minimum Gasteiger partial charge on any atom is -0.239 e. The summed E-state index contributed by atoms with van der Waals surface area (Å²) in [6.07, 6.45) is 24.9. The molecule has 2 nitrogen and oxygen atoms in total. The fraction of sp³-hybridized carbons (Fsp3) is 0.643. The number of aryl methyl sites for hydroxylation is 1. The van der Waals surface area contributed by atoms with Gasteiger partial charge in [-0.15, -0.1) is 46.6 Å². The lowest BCUT2D eigenvalue weighted by atomic mass is 9.56. The Morgan fingerprint density at radius 1 is 0.719 bits per heavy atom. The molecule has 3 aliphatic heterocycles. The highest BCUT2D eigenvalue weighted by molar-refractivity contribution is 8.15. The summed E-state index contributed by atoms with van der Waals surface area (Å²) in [5.74, 6) is 4.17. The van der Waals surface area contributed by atoms with E-state index in [1.165, 1.54) is 75.4 Å². The molecule has 0 bridgehead atoms. The van der Waals surface area contributed by atoms with E-state index in [0.29, 0.717) is 23.7 Å². The van der Waals surface area contributed by atoms with Crippen LogP contribution in [0.1, 0.15) is 204 Å². The molecule has 0 saturated carbocycles. The third-order valence-electron chi connectivity index (χ3n) is 15.0. The molecule has 6 unspecified atom stereocenters. The van der Waals surface area contributed by atoms with Crippen LogP contribution in [0.25, 0.3) is 5.70 Å². The lowest BCUT2D eigenvalue weighted by molar-refractivity contribution is 0.136. The second-order valence-electron chi connectivity index (χ2n) is 19.3. The van der Waals surface area contributed by atoms with Gasteiger partial charge in [-0.25, -0.2) is 18.8 Å². The van der Waals surface area contributed by atoms with E-state index in [4.69, 9.17) is 9.98 Å². The lowest BCUT2D eigenvalue weighted by Gasteiger charge is -2.48. The molecular weight excluding hydrogens is 867 g/mol. The largest absolute Gasteiger partial charge is 0.239 e. The van der Waals surface area contributed by atoms with Gasteiger partial charge in [0.2, 0.25) is 0 Å². The normalized spacial score (nSPS) is 22.6. The molecule has 4 aliphatic rings. The van der Waals surface area contributed by atoms with Gasteiger partial charge < -0.3 is 0 Å². The number of rotatable bonds is 27. The highest BCUT2D eigenvalue weighted by atomic mass is 32.2. The Kier molecular flexibility index (Phi) is 20.1. The zero-order valence-electron chi connectivity index (χ0n) is 40.9. The molecule has 2 aromatic rings. The van der Waals surface area contributed by atoms with E-state index in [1.54, 1.807) is 23.1 Å². The first kappa shape index (κ1) is 51.5. The van der Waals surface area contributed by atoms with Gasteiger partial charge in [0, 0.05) is 48.7 Å². The number of fused-ring (bicyclic) bond motifs is 1. The van der Waals surface area contributed by atoms with E-state index in [1.807, 2.05) is 35.7 Å². The van der Waals surface area contributed by atoms with Crippen LogP contribution < -0.4 is 0 Å². The molecule has 0 radical (unpaired) electrons. The summed E-state index contributed by atoms with van der Waals surface area (Å²) < 4.78 is 31.9.